The summed E-state index contributed by atoms with van der Waals surface area (Å²) in [5.41, 5.74) is -0.683. The normalized spacial score (nSPS) is 32.2. The minimum absolute atomic E-state index is 0.140. The number of hydrogen-bond donors (Lipinski definition) is 2. The maximum Gasteiger partial charge on any atom is 0.193 e. The summed E-state index contributed by atoms with van der Waals surface area (Å²) in [7, 11) is -1.37. The summed E-state index contributed by atoms with van der Waals surface area (Å²) in [4.78, 5) is 6.20. The fraction of sp³-hybridized carbons (Fsp3) is 0.923. The van der Waals surface area contributed by atoms with Crippen LogP contribution in [0.2, 0.25) is 0 Å². The van der Waals surface area contributed by atoms with Crippen LogP contribution in [-0.4, -0.2) is 78.7 Å². The van der Waals surface area contributed by atoms with Crippen LogP contribution in [0.5, 0.6) is 0 Å². The zero-order chi connectivity index (χ0) is 15.7. The lowest BCUT2D eigenvalue weighted by molar-refractivity contribution is 0.0716. The van der Waals surface area contributed by atoms with Crippen molar-refractivity contribution in [2.45, 2.75) is 30.6 Å². The Balaban J connectivity index is 1.99. The summed E-state index contributed by atoms with van der Waals surface area (Å²) >= 11 is 1.75. The predicted molar refractivity (Wildman–Crippen MR) is 87.7 cm³/mol. The molecule has 0 aromatic carbocycles. The highest BCUT2D eigenvalue weighted by Gasteiger charge is 2.41. The fourth-order valence-electron chi connectivity index (χ4n) is 2.64. The summed E-state index contributed by atoms with van der Waals surface area (Å²) < 4.78 is 23.3. The van der Waals surface area contributed by atoms with Gasteiger partial charge in [0.2, 0.25) is 0 Å². The van der Waals surface area contributed by atoms with E-state index in [9.17, 15) is 13.5 Å². The third-order valence-electron chi connectivity index (χ3n) is 4.21. The average molecular weight is 335 g/mol. The van der Waals surface area contributed by atoms with Crippen molar-refractivity contribution in [3.8, 4) is 0 Å². The number of thioether (sulfide) groups is 1. The molecule has 0 amide bonds. The molecule has 2 heterocycles. The van der Waals surface area contributed by atoms with Crippen LogP contribution < -0.4 is 5.32 Å². The third kappa shape index (κ3) is 3.65. The number of sulfone groups is 1. The minimum atomic E-state index is -3.06. The van der Waals surface area contributed by atoms with Crippen LogP contribution in [-0.2, 0) is 9.84 Å². The first-order valence-corrected chi connectivity index (χ1v) is 9.98. The number of nitrogens with zero attached hydrogens (tertiary/aromatic N) is 2. The van der Waals surface area contributed by atoms with E-state index in [-0.39, 0.29) is 5.75 Å². The molecule has 0 aromatic heterocycles. The van der Waals surface area contributed by atoms with E-state index >= 15 is 0 Å². The van der Waals surface area contributed by atoms with Crippen molar-refractivity contribution in [3.05, 3.63) is 0 Å². The molecule has 1 atom stereocenters. The number of guanidine groups is 1. The van der Waals surface area contributed by atoms with Crippen molar-refractivity contribution in [1.82, 2.24) is 10.2 Å². The lowest BCUT2D eigenvalue weighted by atomic mass is 10.0. The highest BCUT2D eigenvalue weighted by Crippen LogP contribution is 2.27. The fourth-order valence-corrected chi connectivity index (χ4v) is 5.30. The Morgan fingerprint density at radius 3 is 2.71 bits per heavy atom. The zero-order valence-electron chi connectivity index (χ0n) is 12.9. The third-order valence-corrected chi connectivity index (χ3v) is 7.98. The smallest absolute Gasteiger partial charge is 0.193 e. The SMILES string of the molecule is CN=C(NCC1(O)CCSC1)N1CCS(=O)(=O)C(C)(C)C1. The number of rotatable bonds is 2. The molecule has 0 spiro atoms. The molecule has 0 bridgehead atoms. The van der Waals surface area contributed by atoms with Crippen molar-refractivity contribution >= 4 is 27.6 Å². The molecule has 2 saturated heterocycles. The van der Waals surface area contributed by atoms with Gasteiger partial charge in [-0.25, -0.2) is 8.42 Å². The van der Waals surface area contributed by atoms with Gasteiger partial charge in [-0.1, -0.05) is 0 Å². The van der Waals surface area contributed by atoms with Gasteiger partial charge >= 0.3 is 0 Å². The van der Waals surface area contributed by atoms with Crippen molar-refractivity contribution in [2.24, 2.45) is 4.99 Å². The van der Waals surface area contributed by atoms with E-state index in [0.29, 0.717) is 25.6 Å². The van der Waals surface area contributed by atoms with Crippen molar-refractivity contribution in [3.63, 3.8) is 0 Å². The van der Waals surface area contributed by atoms with Crippen molar-refractivity contribution in [2.75, 3.05) is 43.9 Å². The second-order valence-corrected chi connectivity index (χ2v) is 10.3. The maximum atomic E-state index is 12.0. The van der Waals surface area contributed by atoms with Crippen LogP contribution in [0, 0.1) is 0 Å². The van der Waals surface area contributed by atoms with Crippen LogP contribution in [0.4, 0.5) is 0 Å². The first kappa shape index (κ1) is 16.9. The second kappa shape index (κ2) is 5.96. The van der Waals surface area contributed by atoms with Gasteiger partial charge in [0.25, 0.3) is 0 Å². The quantitative estimate of drug-likeness (QED) is 0.543. The standard InChI is InChI=1S/C13H25N3O3S2/c1-12(2)9-16(5-7-21(12,18)19)11(14-3)15-8-13(17)4-6-20-10-13/h17H,4-10H2,1-3H3,(H,14,15). The van der Waals surface area contributed by atoms with Gasteiger partial charge in [-0.15, -0.1) is 0 Å². The average Bonchev–Trinajstić information content (AvgIpc) is 2.81. The Labute approximate surface area is 131 Å². The molecular weight excluding hydrogens is 310 g/mol. The molecule has 2 N–H and O–H groups in total. The molecular formula is C13H25N3O3S2. The molecule has 0 aliphatic carbocycles. The van der Waals surface area contributed by atoms with E-state index in [1.807, 2.05) is 4.90 Å². The molecule has 1 unspecified atom stereocenters. The Kier molecular flexibility index (Phi) is 4.80. The molecule has 0 saturated carbocycles. The van der Waals surface area contributed by atoms with Crippen LogP contribution in [0.1, 0.15) is 20.3 Å². The number of aliphatic imine (C=N–C) groups is 1. The Morgan fingerprint density at radius 1 is 1.48 bits per heavy atom. The summed E-state index contributed by atoms with van der Waals surface area (Å²) in [6.07, 6.45) is 0.779. The molecule has 0 aromatic rings. The van der Waals surface area contributed by atoms with Gasteiger partial charge < -0.3 is 15.3 Å². The second-order valence-electron chi connectivity index (χ2n) is 6.43. The summed E-state index contributed by atoms with van der Waals surface area (Å²) in [5.74, 6) is 2.52. The Hall–Kier alpha value is -0.470. The van der Waals surface area contributed by atoms with Gasteiger partial charge in [0.1, 0.15) is 0 Å². The predicted octanol–water partition coefficient (Wildman–Crippen LogP) is -0.0612. The largest absolute Gasteiger partial charge is 0.387 e. The first-order valence-electron chi connectivity index (χ1n) is 7.17. The molecule has 2 rings (SSSR count). The summed E-state index contributed by atoms with van der Waals surface area (Å²) in [6.45, 7) is 4.82. The van der Waals surface area contributed by atoms with Gasteiger partial charge in [-0.05, 0) is 26.0 Å². The number of hydrogen-bond acceptors (Lipinski definition) is 5. The Bertz CT molecular complexity index is 511. The van der Waals surface area contributed by atoms with E-state index in [1.165, 1.54) is 0 Å². The number of nitrogens with one attached hydrogen (secondary N) is 1. The van der Waals surface area contributed by atoms with E-state index < -0.39 is 20.2 Å². The van der Waals surface area contributed by atoms with E-state index in [0.717, 1.165) is 17.9 Å². The molecule has 21 heavy (non-hydrogen) atoms. The van der Waals surface area contributed by atoms with Crippen LogP contribution in [0.15, 0.2) is 4.99 Å². The van der Waals surface area contributed by atoms with Gasteiger partial charge in [-0.3, -0.25) is 4.99 Å². The lowest BCUT2D eigenvalue weighted by Gasteiger charge is -2.39. The molecule has 8 heteroatoms. The molecule has 6 nitrogen and oxygen atoms in total. The van der Waals surface area contributed by atoms with E-state index in [1.54, 1.807) is 32.7 Å². The molecule has 122 valence electrons. The topological polar surface area (TPSA) is 82.0 Å². The molecule has 0 radical (unpaired) electrons. The van der Waals surface area contributed by atoms with Crippen LogP contribution in [0.25, 0.3) is 0 Å². The summed E-state index contributed by atoms with van der Waals surface area (Å²) in [5, 5.41) is 13.6. The van der Waals surface area contributed by atoms with Gasteiger partial charge in [0.15, 0.2) is 15.8 Å². The lowest BCUT2D eigenvalue weighted by Crippen LogP contribution is -2.58. The monoisotopic (exact) mass is 335 g/mol. The first-order chi connectivity index (χ1) is 9.69. The minimum Gasteiger partial charge on any atom is -0.387 e. The van der Waals surface area contributed by atoms with Gasteiger partial charge in [0, 0.05) is 32.4 Å². The maximum absolute atomic E-state index is 12.0. The van der Waals surface area contributed by atoms with Gasteiger partial charge in [-0.2, -0.15) is 11.8 Å². The zero-order valence-corrected chi connectivity index (χ0v) is 14.6. The highest BCUT2D eigenvalue weighted by atomic mass is 32.2. The van der Waals surface area contributed by atoms with Crippen LogP contribution in [0.3, 0.4) is 0 Å². The molecule has 2 aliphatic rings. The molecule has 2 fully saturated rings. The molecule has 2 aliphatic heterocycles. The van der Waals surface area contributed by atoms with Crippen LogP contribution >= 0.6 is 11.8 Å². The highest BCUT2D eigenvalue weighted by molar-refractivity contribution is 7.99. The summed E-state index contributed by atoms with van der Waals surface area (Å²) in [6, 6.07) is 0. The van der Waals surface area contributed by atoms with Gasteiger partial charge in [0.05, 0.1) is 16.1 Å². The van der Waals surface area contributed by atoms with Crippen molar-refractivity contribution in [1.29, 1.82) is 0 Å². The van der Waals surface area contributed by atoms with Crippen molar-refractivity contribution < 1.29 is 13.5 Å². The van der Waals surface area contributed by atoms with E-state index in [2.05, 4.69) is 10.3 Å². The Morgan fingerprint density at radius 2 is 2.19 bits per heavy atom. The number of aliphatic hydroxyl groups is 1. The van der Waals surface area contributed by atoms with E-state index in [4.69, 9.17) is 0 Å².